The summed E-state index contributed by atoms with van der Waals surface area (Å²) in [5, 5.41) is 6.60. The second-order valence-corrected chi connectivity index (χ2v) is 10.7. The van der Waals surface area contributed by atoms with Gasteiger partial charge in [0.1, 0.15) is 11.6 Å². The number of carbonyl (C=O) groups is 2. The molecular weight excluding hydrogens is 420 g/mol. The SMILES string of the molecule is CC(=O)NC12C[C@H]3C[C@@H](C1)CC(C(=O)OCc1csc(-c4ccccc4Cl)n1)(C3)C2. The topological polar surface area (TPSA) is 68.3 Å². The van der Waals surface area contributed by atoms with E-state index < -0.39 is 5.41 Å². The van der Waals surface area contributed by atoms with Crippen LogP contribution in [0.3, 0.4) is 0 Å². The van der Waals surface area contributed by atoms with Crippen LogP contribution >= 0.6 is 22.9 Å². The Bertz CT molecular complexity index is 990. The second kappa shape index (κ2) is 7.34. The van der Waals surface area contributed by atoms with Gasteiger partial charge < -0.3 is 10.1 Å². The first-order chi connectivity index (χ1) is 14.4. The fourth-order valence-corrected chi connectivity index (χ4v) is 7.57. The number of nitrogens with one attached hydrogen (secondary N) is 1. The summed E-state index contributed by atoms with van der Waals surface area (Å²) in [4.78, 5) is 29.7. The van der Waals surface area contributed by atoms with Gasteiger partial charge in [-0.15, -0.1) is 11.3 Å². The molecule has 4 fully saturated rings. The van der Waals surface area contributed by atoms with Crippen molar-refractivity contribution < 1.29 is 14.3 Å². The van der Waals surface area contributed by atoms with E-state index in [1.807, 2.05) is 29.6 Å². The molecule has 6 rings (SSSR count). The molecule has 1 heterocycles. The van der Waals surface area contributed by atoms with Crippen molar-refractivity contribution in [3.8, 4) is 10.6 Å². The first-order valence-corrected chi connectivity index (χ1v) is 11.8. The summed E-state index contributed by atoms with van der Waals surface area (Å²) in [6.45, 7) is 1.74. The van der Waals surface area contributed by atoms with Crippen molar-refractivity contribution in [2.24, 2.45) is 17.3 Å². The smallest absolute Gasteiger partial charge is 0.312 e. The van der Waals surface area contributed by atoms with Crippen molar-refractivity contribution in [1.29, 1.82) is 0 Å². The first-order valence-electron chi connectivity index (χ1n) is 10.5. The summed E-state index contributed by atoms with van der Waals surface area (Å²) in [5.74, 6) is 0.863. The number of aromatic nitrogens is 1. The van der Waals surface area contributed by atoms with E-state index in [0.717, 1.165) is 41.9 Å². The Morgan fingerprint density at radius 3 is 2.67 bits per heavy atom. The number of hydrogen-bond acceptors (Lipinski definition) is 5. The Hall–Kier alpha value is -1.92. The summed E-state index contributed by atoms with van der Waals surface area (Å²) in [7, 11) is 0. The minimum absolute atomic E-state index is 0.00459. The van der Waals surface area contributed by atoms with Gasteiger partial charge in [0.25, 0.3) is 0 Å². The predicted octanol–water partition coefficient (Wildman–Crippen LogP) is 4.98. The molecule has 1 aromatic heterocycles. The van der Waals surface area contributed by atoms with Crippen molar-refractivity contribution >= 4 is 34.8 Å². The zero-order valence-corrected chi connectivity index (χ0v) is 18.5. The number of ether oxygens (including phenoxy) is 1. The molecule has 4 bridgehead atoms. The van der Waals surface area contributed by atoms with E-state index >= 15 is 0 Å². The largest absolute Gasteiger partial charge is 0.459 e. The van der Waals surface area contributed by atoms with Crippen LogP contribution in [0.4, 0.5) is 0 Å². The summed E-state index contributed by atoms with van der Waals surface area (Å²) in [6.07, 6.45) is 5.62. The lowest BCUT2D eigenvalue weighted by atomic mass is 9.47. The van der Waals surface area contributed by atoms with Gasteiger partial charge >= 0.3 is 5.97 Å². The van der Waals surface area contributed by atoms with Crippen molar-refractivity contribution in [3.63, 3.8) is 0 Å². The molecule has 1 aromatic carbocycles. The fourth-order valence-electron chi connectivity index (χ4n) is 6.45. The number of nitrogens with zero attached hydrogens (tertiary/aromatic N) is 1. The highest BCUT2D eigenvalue weighted by atomic mass is 35.5. The van der Waals surface area contributed by atoms with Crippen LogP contribution in [0, 0.1) is 17.3 Å². The van der Waals surface area contributed by atoms with Crippen molar-refractivity contribution in [2.75, 3.05) is 0 Å². The average Bonchev–Trinajstić information content (AvgIpc) is 3.13. The van der Waals surface area contributed by atoms with Crippen LogP contribution in [0.25, 0.3) is 10.6 Å². The number of thiazole rings is 1. The third kappa shape index (κ3) is 3.54. The second-order valence-electron chi connectivity index (χ2n) is 9.40. The molecule has 1 amide bonds. The van der Waals surface area contributed by atoms with E-state index in [4.69, 9.17) is 16.3 Å². The molecule has 0 aliphatic heterocycles. The number of esters is 1. The number of rotatable bonds is 5. The van der Waals surface area contributed by atoms with Crippen LogP contribution in [0.2, 0.25) is 5.02 Å². The molecular formula is C23H25ClN2O3S. The number of carbonyl (C=O) groups excluding carboxylic acids is 2. The highest BCUT2D eigenvalue weighted by Crippen LogP contribution is 2.62. The van der Waals surface area contributed by atoms with E-state index in [1.54, 1.807) is 6.92 Å². The lowest BCUT2D eigenvalue weighted by Crippen LogP contribution is -2.64. The standard InChI is InChI=1S/C23H25ClN2O3S/c1-14(27)26-23-9-15-6-16(10-23)8-22(7-15,13-23)21(28)29-11-17-12-30-20(25-17)18-4-2-3-5-19(18)24/h2-5,12,15-16H,6-11,13H2,1H3,(H,26,27)/t15-,16+,22?,23?. The maximum Gasteiger partial charge on any atom is 0.312 e. The molecule has 0 spiro atoms. The van der Waals surface area contributed by atoms with Crippen molar-refractivity contribution in [3.05, 3.63) is 40.4 Å². The Morgan fingerprint density at radius 2 is 1.97 bits per heavy atom. The van der Waals surface area contributed by atoms with E-state index in [9.17, 15) is 9.59 Å². The van der Waals surface area contributed by atoms with Crippen LogP contribution in [-0.4, -0.2) is 22.4 Å². The summed E-state index contributed by atoms with van der Waals surface area (Å²) in [5.41, 5.74) is 0.936. The molecule has 2 unspecified atom stereocenters. The van der Waals surface area contributed by atoms with Gasteiger partial charge in [-0.25, -0.2) is 4.98 Å². The molecule has 1 N–H and O–H groups in total. The Balaban J connectivity index is 1.29. The van der Waals surface area contributed by atoms with Gasteiger partial charge in [-0.2, -0.15) is 0 Å². The quantitative estimate of drug-likeness (QED) is 0.660. The van der Waals surface area contributed by atoms with Crippen LogP contribution in [0.15, 0.2) is 29.6 Å². The molecule has 4 aliphatic carbocycles. The fraction of sp³-hybridized carbons (Fsp3) is 0.522. The highest BCUT2D eigenvalue weighted by Gasteiger charge is 2.61. The molecule has 4 aliphatic rings. The Labute approximate surface area is 185 Å². The maximum atomic E-state index is 13.2. The minimum atomic E-state index is -0.464. The Morgan fingerprint density at radius 1 is 1.23 bits per heavy atom. The van der Waals surface area contributed by atoms with E-state index in [0.29, 0.717) is 23.3 Å². The van der Waals surface area contributed by atoms with Gasteiger partial charge in [0.05, 0.1) is 16.1 Å². The normalized spacial score (nSPS) is 31.5. The summed E-state index contributed by atoms with van der Waals surface area (Å²) < 4.78 is 5.80. The van der Waals surface area contributed by atoms with Crippen LogP contribution < -0.4 is 5.32 Å². The summed E-state index contributed by atoms with van der Waals surface area (Å²) in [6, 6.07) is 7.60. The lowest BCUT2D eigenvalue weighted by Gasteiger charge is -2.60. The third-order valence-corrected chi connectivity index (χ3v) is 8.20. The van der Waals surface area contributed by atoms with Gasteiger partial charge in [-0.05, 0) is 56.4 Å². The van der Waals surface area contributed by atoms with E-state index in [2.05, 4.69) is 10.3 Å². The zero-order valence-electron chi connectivity index (χ0n) is 16.9. The Kier molecular flexibility index (Phi) is 4.90. The monoisotopic (exact) mass is 444 g/mol. The minimum Gasteiger partial charge on any atom is -0.459 e. The van der Waals surface area contributed by atoms with Gasteiger partial charge in [-0.1, -0.05) is 29.8 Å². The molecule has 7 heteroatoms. The summed E-state index contributed by atoms with van der Waals surface area (Å²) >= 11 is 7.77. The van der Waals surface area contributed by atoms with Crippen LogP contribution in [0.1, 0.15) is 51.1 Å². The molecule has 30 heavy (non-hydrogen) atoms. The maximum absolute atomic E-state index is 13.2. The number of halogens is 1. The first kappa shape index (κ1) is 20.0. The third-order valence-electron chi connectivity index (χ3n) is 6.94. The molecule has 4 saturated carbocycles. The number of hydrogen-bond donors (Lipinski definition) is 1. The van der Waals surface area contributed by atoms with Gasteiger partial charge in [-0.3, -0.25) is 9.59 Å². The molecule has 0 saturated heterocycles. The highest BCUT2D eigenvalue weighted by molar-refractivity contribution is 7.13. The van der Waals surface area contributed by atoms with Gasteiger partial charge in [0.15, 0.2) is 0 Å². The molecule has 158 valence electrons. The number of benzene rings is 1. The van der Waals surface area contributed by atoms with E-state index in [-0.39, 0.29) is 24.0 Å². The van der Waals surface area contributed by atoms with Gasteiger partial charge in [0, 0.05) is 23.4 Å². The number of amides is 1. The van der Waals surface area contributed by atoms with Crippen molar-refractivity contribution in [1.82, 2.24) is 10.3 Å². The average molecular weight is 445 g/mol. The molecule has 5 nitrogen and oxygen atoms in total. The molecule has 0 radical (unpaired) electrons. The van der Waals surface area contributed by atoms with Crippen LogP contribution in [-0.2, 0) is 20.9 Å². The molecule has 4 atom stereocenters. The lowest BCUT2D eigenvalue weighted by molar-refractivity contribution is -0.177. The predicted molar refractivity (Wildman–Crippen MR) is 116 cm³/mol. The van der Waals surface area contributed by atoms with E-state index in [1.165, 1.54) is 17.8 Å². The zero-order chi connectivity index (χ0) is 20.9. The van der Waals surface area contributed by atoms with Crippen molar-refractivity contribution in [2.45, 2.75) is 57.6 Å². The van der Waals surface area contributed by atoms with Gasteiger partial charge in [0.2, 0.25) is 5.91 Å². The molecule has 2 aromatic rings. The van der Waals surface area contributed by atoms with Crippen LogP contribution in [0.5, 0.6) is 0 Å².